The van der Waals surface area contributed by atoms with Crippen LogP contribution < -0.4 is 0 Å². The van der Waals surface area contributed by atoms with Crippen LogP contribution in [0.5, 0.6) is 0 Å². The summed E-state index contributed by atoms with van der Waals surface area (Å²) in [7, 11) is -0.817. The first-order valence-electron chi connectivity index (χ1n) is 4.79. The molecule has 3 nitrogen and oxygen atoms in total. The van der Waals surface area contributed by atoms with E-state index in [2.05, 4.69) is 21.0 Å². The fourth-order valence-corrected chi connectivity index (χ4v) is 3.70. The fourth-order valence-electron chi connectivity index (χ4n) is 1.31. The van der Waals surface area contributed by atoms with Crippen molar-refractivity contribution in [3.8, 4) is 0 Å². The number of rotatable bonds is 5. The molecule has 0 aliphatic heterocycles. The van der Waals surface area contributed by atoms with E-state index in [9.17, 15) is 4.21 Å². The maximum atomic E-state index is 11.8. The Labute approximate surface area is 109 Å². The second kappa shape index (κ2) is 5.75. The van der Waals surface area contributed by atoms with Gasteiger partial charge in [-0.3, -0.25) is 8.89 Å². The van der Waals surface area contributed by atoms with Crippen molar-refractivity contribution in [2.75, 3.05) is 5.75 Å². The minimum absolute atomic E-state index is 0.628. The topological polar surface area (TPSA) is 34.9 Å². The van der Waals surface area contributed by atoms with Crippen molar-refractivity contribution in [3.63, 3.8) is 0 Å². The Kier molecular flexibility index (Phi) is 4.31. The van der Waals surface area contributed by atoms with E-state index >= 15 is 0 Å². The lowest BCUT2D eigenvalue weighted by Gasteiger charge is -2.01. The molecule has 2 rings (SSSR count). The van der Waals surface area contributed by atoms with Crippen LogP contribution in [0.15, 0.2) is 33.7 Å². The van der Waals surface area contributed by atoms with Gasteiger partial charge in [0.05, 0.1) is 10.3 Å². The number of aromatic nitrogens is 2. The Morgan fingerprint density at radius 2 is 2.44 bits per heavy atom. The van der Waals surface area contributed by atoms with Crippen LogP contribution >= 0.6 is 27.3 Å². The number of thiophene rings is 1. The zero-order valence-electron chi connectivity index (χ0n) is 8.51. The lowest BCUT2D eigenvalue weighted by molar-refractivity contribution is 0.644. The molecular weight excluding hydrogens is 308 g/mol. The van der Waals surface area contributed by atoms with Gasteiger partial charge in [-0.1, -0.05) is 0 Å². The van der Waals surface area contributed by atoms with Gasteiger partial charge < -0.3 is 0 Å². The van der Waals surface area contributed by atoms with Gasteiger partial charge in [-0.15, -0.1) is 11.3 Å². The second-order valence-electron chi connectivity index (χ2n) is 3.32. The van der Waals surface area contributed by atoms with Gasteiger partial charge in [-0.2, -0.15) is 5.10 Å². The first-order valence-corrected chi connectivity index (χ1v) is 7.95. The minimum atomic E-state index is -0.817. The summed E-state index contributed by atoms with van der Waals surface area (Å²) in [6.45, 7) is 0.713. The molecule has 0 bridgehead atoms. The molecule has 0 unspecified atom stereocenters. The Morgan fingerprint density at radius 3 is 3.06 bits per heavy atom. The Hall–Kier alpha value is -0.460. The highest BCUT2D eigenvalue weighted by molar-refractivity contribution is 9.11. The van der Waals surface area contributed by atoms with Crippen LogP contribution in [-0.2, 0) is 23.1 Å². The fraction of sp³-hybridized carbons (Fsp3) is 0.300. The van der Waals surface area contributed by atoms with E-state index < -0.39 is 10.8 Å². The molecule has 1 atom stereocenters. The summed E-state index contributed by atoms with van der Waals surface area (Å²) in [6, 6.07) is 3.90. The van der Waals surface area contributed by atoms with Crippen molar-refractivity contribution >= 4 is 38.1 Å². The molecule has 16 heavy (non-hydrogen) atoms. The number of aryl methyl sites for hydroxylation is 1. The van der Waals surface area contributed by atoms with Crippen LogP contribution in [0.2, 0.25) is 0 Å². The summed E-state index contributed by atoms with van der Waals surface area (Å²) >= 11 is 5.02. The van der Waals surface area contributed by atoms with Gasteiger partial charge in [0, 0.05) is 34.7 Å². The van der Waals surface area contributed by atoms with Gasteiger partial charge in [-0.05, 0) is 39.0 Å². The van der Waals surface area contributed by atoms with Crippen LogP contribution in [0.1, 0.15) is 5.56 Å². The van der Waals surface area contributed by atoms with Crippen molar-refractivity contribution in [2.45, 2.75) is 12.3 Å². The SMILES string of the molecule is O=[S@@](CCn1cccn1)Cc1csc(Br)c1. The molecule has 0 saturated heterocycles. The molecule has 2 aromatic rings. The molecule has 0 aliphatic carbocycles. The molecule has 86 valence electrons. The smallest absolute Gasteiger partial charge is 0.0701 e. The van der Waals surface area contributed by atoms with E-state index in [-0.39, 0.29) is 0 Å². The summed E-state index contributed by atoms with van der Waals surface area (Å²) in [6.07, 6.45) is 3.62. The maximum absolute atomic E-state index is 11.8. The van der Waals surface area contributed by atoms with E-state index in [4.69, 9.17) is 0 Å². The molecule has 0 saturated carbocycles. The molecule has 2 heterocycles. The second-order valence-corrected chi connectivity index (χ2v) is 7.18. The number of halogens is 1. The first-order chi connectivity index (χ1) is 7.74. The van der Waals surface area contributed by atoms with Crippen molar-refractivity contribution in [2.24, 2.45) is 0 Å². The molecule has 0 fully saturated rings. The molecular formula is C10H11BrN2OS2. The van der Waals surface area contributed by atoms with Gasteiger partial charge in [0.15, 0.2) is 0 Å². The lowest BCUT2D eigenvalue weighted by Crippen LogP contribution is -2.09. The molecule has 0 aliphatic rings. The van der Waals surface area contributed by atoms with E-state index in [0.29, 0.717) is 18.1 Å². The highest BCUT2D eigenvalue weighted by Crippen LogP contribution is 2.21. The van der Waals surface area contributed by atoms with Crippen molar-refractivity contribution in [1.29, 1.82) is 0 Å². The van der Waals surface area contributed by atoms with Crippen LogP contribution in [0, 0.1) is 0 Å². The molecule has 0 N–H and O–H groups in total. The molecule has 0 amide bonds. The number of nitrogens with zero attached hydrogens (tertiary/aromatic N) is 2. The van der Waals surface area contributed by atoms with Crippen molar-refractivity contribution < 1.29 is 4.21 Å². The monoisotopic (exact) mass is 318 g/mol. The molecule has 0 aromatic carbocycles. The summed E-state index contributed by atoms with van der Waals surface area (Å²) in [5, 5.41) is 6.11. The summed E-state index contributed by atoms with van der Waals surface area (Å²) in [5.41, 5.74) is 1.13. The first kappa shape index (κ1) is 12.0. The highest BCUT2D eigenvalue weighted by Gasteiger charge is 2.04. The minimum Gasteiger partial charge on any atom is -0.272 e. The third-order valence-electron chi connectivity index (χ3n) is 2.06. The van der Waals surface area contributed by atoms with Gasteiger partial charge in [0.2, 0.25) is 0 Å². The van der Waals surface area contributed by atoms with Crippen LogP contribution in [0.25, 0.3) is 0 Å². The maximum Gasteiger partial charge on any atom is 0.0701 e. The summed E-state index contributed by atoms with van der Waals surface area (Å²) in [5.74, 6) is 1.28. The predicted molar refractivity (Wildman–Crippen MR) is 71.0 cm³/mol. The molecule has 2 aromatic heterocycles. The molecule has 6 heteroatoms. The van der Waals surface area contributed by atoms with E-state index in [1.807, 2.05) is 23.7 Å². The molecule has 0 radical (unpaired) electrons. The summed E-state index contributed by atoms with van der Waals surface area (Å²) < 4.78 is 14.7. The summed E-state index contributed by atoms with van der Waals surface area (Å²) in [4.78, 5) is 0. The van der Waals surface area contributed by atoms with Crippen molar-refractivity contribution in [3.05, 3.63) is 39.3 Å². The Bertz CT molecular complexity index is 467. The van der Waals surface area contributed by atoms with E-state index in [1.165, 1.54) is 0 Å². The zero-order valence-corrected chi connectivity index (χ0v) is 11.7. The number of hydrogen-bond acceptors (Lipinski definition) is 3. The highest BCUT2D eigenvalue weighted by atomic mass is 79.9. The van der Waals surface area contributed by atoms with Gasteiger partial charge in [0.1, 0.15) is 0 Å². The predicted octanol–water partition coefficient (Wildman–Crippen LogP) is 2.66. The average Bonchev–Trinajstić information content (AvgIpc) is 2.87. The van der Waals surface area contributed by atoms with Crippen molar-refractivity contribution in [1.82, 2.24) is 9.78 Å². The Morgan fingerprint density at radius 1 is 1.56 bits per heavy atom. The third-order valence-corrected chi connectivity index (χ3v) is 4.90. The molecule has 0 spiro atoms. The van der Waals surface area contributed by atoms with Gasteiger partial charge >= 0.3 is 0 Å². The zero-order chi connectivity index (χ0) is 11.4. The van der Waals surface area contributed by atoms with Gasteiger partial charge in [0.25, 0.3) is 0 Å². The Balaban J connectivity index is 1.81. The van der Waals surface area contributed by atoms with Gasteiger partial charge in [-0.25, -0.2) is 0 Å². The lowest BCUT2D eigenvalue weighted by atomic mass is 10.4. The van der Waals surface area contributed by atoms with Crippen LogP contribution in [-0.4, -0.2) is 19.7 Å². The standard InChI is InChI=1S/C10H11BrN2OS2/c11-10-6-9(7-15-10)8-16(14)5-4-13-3-1-2-12-13/h1-3,6-7H,4-5,8H2/t16-/m0/s1. The van der Waals surface area contributed by atoms with E-state index in [1.54, 1.807) is 22.2 Å². The normalized spacial score (nSPS) is 12.8. The van der Waals surface area contributed by atoms with Crippen LogP contribution in [0.3, 0.4) is 0 Å². The van der Waals surface area contributed by atoms with Crippen LogP contribution in [0.4, 0.5) is 0 Å². The average molecular weight is 319 g/mol. The largest absolute Gasteiger partial charge is 0.272 e. The number of hydrogen-bond donors (Lipinski definition) is 0. The quantitative estimate of drug-likeness (QED) is 0.849. The third kappa shape index (κ3) is 3.54. The van der Waals surface area contributed by atoms with E-state index in [0.717, 1.165) is 9.35 Å².